The molecular formula is C21H24N4O4S. The molecule has 1 N–H and O–H groups in total. The molecule has 0 aliphatic heterocycles. The molecule has 0 aliphatic carbocycles. The molecule has 3 rings (SSSR count). The summed E-state index contributed by atoms with van der Waals surface area (Å²) >= 11 is 1.29. The van der Waals surface area contributed by atoms with Crippen LogP contribution in [0.15, 0.2) is 47.6 Å². The van der Waals surface area contributed by atoms with Gasteiger partial charge in [0.1, 0.15) is 23.9 Å². The van der Waals surface area contributed by atoms with E-state index in [1.54, 1.807) is 32.4 Å². The number of benzene rings is 2. The number of carbonyl (C=O) groups is 1. The Morgan fingerprint density at radius 3 is 2.67 bits per heavy atom. The number of hydrogen-bond donors (Lipinski definition) is 1. The maximum atomic E-state index is 12.4. The van der Waals surface area contributed by atoms with Gasteiger partial charge in [0.15, 0.2) is 11.0 Å². The number of ether oxygens (including phenoxy) is 3. The number of aryl methyl sites for hydroxylation is 1. The first kappa shape index (κ1) is 21.5. The number of thioether (sulfide) groups is 1. The highest BCUT2D eigenvalue weighted by Crippen LogP contribution is 2.29. The van der Waals surface area contributed by atoms with Gasteiger partial charge in [0.2, 0.25) is 5.91 Å². The lowest BCUT2D eigenvalue weighted by Gasteiger charge is -2.11. The van der Waals surface area contributed by atoms with Crippen LogP contribution >= 0.6 is 11.8 Å². The monoisotopic (exact) mass is 428 g/mol. The number of rotatable bonds is 9. The van der Waals surface area contributed by atoms with Gasteiger partial charge in [-0.2, -0.15) is 0 Å². The summed E-state index contributed by atoms with van der Waals surface area (Å²) < 4.78 is 18.1. The standard InChI is InChI=1S/C21H24N4O4S/c1-14-6-5-7-16(10-14)29-12-19-23-24-21(25(19)2)30-13-20(26)22-17-11-15(27-3)8-9-18(17)28-4/h5-11H,12-13H2,1-4H3,(H,22,26). The molecule has 3 aromatic rings. The zero-order chi connectivity index (χ0) is 21.5. The molecule has 0 unspecified atom stereocenters. The minimum absolute atomic E-state index is 0.172. The van der Waals surface area contributed by atoms with E-state index in [9.17, 15) is 4.79 Å². The number of carbonyl (C=O) groups excluding carboxylic acids is 1. The van der Waals surface area contributed by atoms with E-state index in [0.29, 0.717) is 34.8 Å². The van der Waals surface area contributed by atoms with Crippen LogP contribution in [0.2, 0.25) is 0 Å². The molecule has 8 nitrogen and oxygen atoms in total. The molecule has 0 bridgehead atoms. The molecule has 2 aromatic carbocycles. The largest absolute Gasteiger partial charge is 0.497 e. The van der Waals surface area contributed by atoms with Crippen molar-refractivity contribution in [3.8, 4) is 17.2 Å². The summed E-state index contributed by atoms with van der Waals surface area (Å²) in [5.74, 6) is 2.62. The fourth-order valence-electron chi connectivity index (χ4n) is 2.68. The maximum absolute atomic E-state index is 12.4. The molecule has 0 atom stereocenters. The highest BCUT2D eigenvalue weighted by Gasteiger charge is 2.14. The van der Waals surface area contributed by atoms with E-state index < -0.39 is 0 Å². The first-order chi connectivity index (χ1) is 14.5. The molecule has 1 heterocycles. The third kappa shape index (κ3) is 5.44. The second-order valence-corrected chi connectivity index (χ2v) is 7.41. The topological polar surface area (TPSA) is 87.5 Å². The van der Waals surface area contributed by atoms with Crippen molar-refractivity contribution >= 4 is 23.4 Å². The Morgan fingerprint density at radius 2 is 1.93 bits per heavy atom. The van der Waals surface area contributed by atoms with Crippen molar-refractivity contribution in [1.29, 1.82) is 0 Å². The van der Waals surface area contributed by atoms with Gasteiger partial charge in [0.25, 0.3) is 0 Å². The maximum Gasteiger partial charge on any atom is 0.234 e. The van der Waals surface area contributed by atoms with Crippen LogP contribution in [0.3, 0.4) is 0 Å². The van der Waals surface area contributed by atoms with Crippen LogP contribution in [0.4, 0.5) is 5.69 Å². The number of amides is 1. The fraction of sp³-hybridized carbons (Fsp3) is 0.286. The lowest BCUT2D eigenvalue weighted by Crippen LogP contribution is -2.15. The van der Waals surface area contributed by atoms with Crippen molar-refractivity contribution in [1.82, 2.24) is 14.8 Å². The number of aromatic nitrogens is 3. The number of nitrogens with zero attached hydrogens (tertiary/aromatic N) is 3. The third-order valence-corrected chi connectivity index (χ3v) is 5.32. The van der Waals surface area contributed by atoms with Crippen molar-refractivity contribution < 1.29 is 19.0 Å². The van der Waals surface area contributed by atoms with Gasteiger partial charge >= 0.3 is 0 Å². The van der Waals surface area contributed by atoms with Crippen LogP contribution in [0.1, 0.15) is 11.4 Å². The number of methoxy groups -OCH3 is 2. The summed E-state index contributed by atoms with van der Waals surface area (Å²) in [5.41, 5.74) is 1.67. The Hall–Kier alpha value is -3.20. The second-order valence-electron chi connectivity index (χ2n) is 6.47. The van der Waals surface area contributed by atoms with Crippen molar-refractivity contribution in [3.05, 3.63) is 53.9 Å². The number of nitrogens with one attached hydrogen (secondary N) is 1. The van der Waals surface area contributed by atoms with E-state index in [1.165, 1.54) is 11.8 Å². The molecule has 0 spiro atoms. The predicted molar refractivity (Wildman–Crippen MR) is 115 cm³/mol. The van der Waals surface area contributed by atoms with Crippen molar-refractivity contribution in [2.45, 2.75) is 18.7 Å². The van der Waals surface area contributed by atoms with Crippen LogP contribution in [0.25, 0.3) is 0 Å². The Morgan fingerprint density at radius 1 is 1.10 bits per heavy atom. The van der Waals surface area contributed by atoms with Gasteiger partial charge in [-0.3, -0.25) is 4.79 Å². The van der Waals surface area contributed by atoms with Crippen LogP contribution in [-0.4, -0.2) is 40.6 Å². The Kier molecular flexibility index (Phi) is 7.18. The summed E-state index contributed by atoms with van der Waals surface area (Å²) in [6, 6.07) is 13.0. The van der Waals surface area contributed by atoms with Crippen LogP contribution < -0.4 is 19.5 Å². The minimum Gasteiger partial charge on any atom is -0.497 e. The second kappa shape index (κ2) is 10.0. The zero-order valence-electron chi connectivity index (χ0n) is 17.3. The van der Waals surface area contributed by atoms with Gasteiger partial charge in [-0.1, -0.05) is 23.9 Å². The molecule has 9 heteroatoms. The average Bonchev–Trinajstić information content (AvgIpc) is 3.10. The molecule has 0 aliphatic rings. The quantitative estimate of drug-likeness (QED) is 0.522. The molecule has 0 saturated heterocycles. The SMILES string of the molecule is COc1ccc(OC)c(NC(=O)CSc2nnc(COc3cccc(C)c3)n2C)c1. The Balaban J connectivity index is 1.57. The van der Waals surface area contributed by atoms with Crippen LogP contribution in [0, 0.1) is 6.92 Å². The van der Waals surface area contributed by atoms with Crippen LogP contribution in [-0.2, 0) is 18.4 Å². The van der Waals surface area contributed by atoms with Crippen molar-refractivity contribution in [2.24, 2.45) is 7.05 Å². The van der Waals surface area contributed by atoms with Crippen molar-refractivity contribution in [3.63, 3.8) is 0 Å². The molecule has 0 saturated carbocycles. The Labute approximate surface area is 179 Å². The number of hydrogen-bond acceptors (Lipinski definition) is 7. The number of anilines is 1. The van der Waals surface area contributed by atoms with Gasteiger partial charge in [0, 0.05) is 13.1 Å². The summed E-state index contributed by atoms with van der Waals surface area (Å²) in [6.07, 6.45) is 0. The van der Waals surface area contributed by atoms with Crippen LogP contribution in [0.5, 0.6) is 17.2 Å². The highest BCUT2D eigenvalue weighted by atomic mass is 32.2. The molecule has 30 heavy (non-hydrogen) atoms. The van der Waals surface area contributed by atoms with Gasteiger partial charge in [0.05, 0.1) is 25.7 Å². The van der Waals surface area contributed by atoms with Gasteiger partial charge < -0.3 is 24.1 Å². The van der Waals surface area contributed by atoms with E-state index in [-0.39, 0.29) is 11.7 Å². The summed E-state index contributed by atoms with van der Waals surface area (Å²) in [4.78, 5) is 12.4. The molecule has 0 fully saturated rings. The molecule has 1 amide bonds. The summed E-state index contributed by atoms with van der Waals surface area (Å²) in [7, 11) is 4.96. The highest BCUT2D eigenvalue weighted by molar-refractivity contribution is 7.99. The lowest BCUT2D eigenvalue weighted by atomic mass is 10.2. The van der Waals surface area contributed by atoms with E-state index in [0.717, 1.165) is 11.3 Å². The van der Waals surface area contributed by atoms with E-state index in [4.69, 9.17) is 14.2 Å². The van der Waals surface area contributed by atoms with Gasteiger partial charge in [-0.25, -0.2) is 0 Å². The van der Waals surface area contributed by atoms with Crippen molar-refractivity contribution in [2.75, 3.05) is 25.3 Å². The first-order valence-corrected chi connectivity index (χ1v) is 10.2. The smallest absolute Gasteiger partial charge is 0.234 e. The molecule has 158 valence electrons. The third-order valence-electron chi connectivity index (χ3n) is 4.30. The van der Waals surface area contributed by atoms with E-state index >= 15 is 0 Å². The lowest BCUT2D eigenvalue weighted by molar-refractivity contribution is -0.113. The van der Waals surface area contributed by atoms with Gasteiger partial charge in [-0.05, 0) is 36.8 Å². The summed E-state index contributed by atoms with van der Waals surface area (Å²) in [5, 5.41) is 11.8. The minimum atomic E-state index is -0.188. The predicted octanol–water partition coefficient (Wildman–Crippen LogP) is 3.45. The molecule has 1 aromatic heterocycles. The summed E-state index contributed by atoms with van der Waals surface area (Å²) in [6.45, 7) is 2.30. The van der Waals surface area contributed by atoms with Gasteiger partial charge in [-0.15, -0.1) is 10.2 Å². The Bertz CT molecular complexity index is 1020. The fourth-order valence-corrected chi connectivity index (χ4v) is 3.41. The average molecular weight is 429 g/mol. The van der Waals surface area contributed by atoms with E-state index in [1.807, 2.05) is 42.8 Å². The normalized spacial score (nSPS) is 10.5. The molecular weight excluding hydrogens is 404 g/mol. The van der Waals surface area contributed by atoms with E-state index in [2.05, 4.69) is 15.5 Å². The molecule has 0 radical (unpaired) electrons. The first-order valence-electron chi connectivity index (χ1n) is 9.22. The zero-order valence-corrected chi connectivity index (χ0v) is 18.2.